The third-order valence-electron chi connectivity index (χ3n) is 4.35. The molecule has 3 aromatic rings. The Bertz CT molecular complexity index is 1200. The number of ether oxygens (including phenoxy) is 2. The van der Waals surface area contributed by atoms with Gasteiger partial charge >= 0.3 is 0 Å². The van der Waals surface area contributed by atoms with E-state index in [1.165, 1.54) is 0 Å². The molecule has 0 fully saturated rings. The van der Waals surface area contributed by atoms with Crippen LogP contribution in [0.1, 0.15) is 11.1 Å². The summed E-state index contributed by atoms with van der Waals surface area (Å²) in [6, 6.07) is 16.6. The van der Waals surface area contributed by atoms with Crippen LogP contribution in [0.15, 0.2) is 47.3 Å². The van der Waals surface area contributed by atoms with Crippen molar-refractivity contribution in [2.75, 3.05) is 12.5 Å². The monoisotopic (exact) mass is 356 g/mol. The highest BCUT2D eigenvalue weighted by molar-refractivity contribution is 5.81. The molecule has 0 spiro atoms. The lowest BCUT2D eigenvalue weighted by Crippen LogP contribution is -2.16. The van der Waals surface area contributed by atoms with Crippen molar-refractivity contribution >= 4 is 5.82 Å². The molecule has 0 saturated carbocycles. The molecular weight excluding hydrogens is 344 g/mol. The minimum atomic E-state index is -0.621. The number of fused-ring (bicyclic) bond motifs is 1. The Morgan fingerprint density at radius 3 is 2.22 bits per heavy atom. The summed E-state index contributed by atoms with van der Waals surface area (Å²) in [5.41, 5.74) is 7.69. The summed E-state index contributed by atoms with van der Waals surface area (Å²) in [5.74, 6) is 1.32. The van der Waals surface area contributed by atoms with E-state index in [2.05, 4.69) is 4.98 Å². The molecule has 1 aliphatic heterocycles. The van der Waals surface area contributed by atoms with E-state index in [-0.39, 0.29) is 29.3 Å². The lowest BCUT2D eigenvalue weighted by molar-refractivity contribution is 0.174. The molecule has 0 atom stereocenters. The molecule has 0 amide bonds. The van der Waals surface area contributed by atoms with Crippen molar-refractivity contribution in [2.45, 2.75) is 0 Å². The van der Waals surface area contributed by atoms with Crippen molar-refractivity contribution in [3.8, 4) is 45.9 Å². The van der Waals surface area contributed by atoms with Crippen molar-refractivity contribution in [1.29, 1.82) is 10.5 Å². The number of hydrogen-bond donors (Lipinski definition) is 2. The highest BCUT2D eigenvalue weighted by Crippen LogP contribution is 2.36. The van der Waals surface area contributed by atoms with Gasteiger partial charge in [-0.25, -0.2) is 0 Å². The van der Waals surface area contributed by atoms with Crippen LogP contribution in [0.4, 0.5) is 5.82 Å². The van der Waals surface area contributed by atoms with Crippen LogP contribution in [0.5, 0.6) is 11.5 Å². The average molecular weight is 356 g/mol. The second-order valence-electron chi connectivity index (χ2n) is 5.86. The van der Waals surface area contributed by atoms with Gasteiger partial charge in [0.25, 0.3) is 5.56 Å². The normalized spacial score (nSPS) is 11.6. The second-order valence-corrected chi connectivity index (χ2v) is 5.86. The van der Waals surface area contributed by atoms with Crippen LogP contribution >= 0.6 is 0 Å². The molecule has 1 aromatic heterocycles. The van der Waals surface area contributed by atoms with E-state index in [1.807, 2.05) is 42.5 Å². The van der Waals surface area contributed by atoms with Crippen LogP contribution in [-0.2, 0) is 0 Å². The van der Waals surface area contributed by atoms with Gasteiger partial charge < -0.3 is 20.2 Å². The molecule has 27 heavy (non-hydrogen) atoms. The Balaban J connectivity index is 1.81. The number of anilines is 1. The van der Waals surface area contributed by atoms with Crippen LogP contribution in [0.3, 0.4) is 0 Å². The molecule has 0 aliphatic carbocycles. The predicted molar refractivity (Wildman–Crippen MR) is 97.9 cm³/mol. The van der Waals surface area contributed by atoms with E-state index in [1.54, 1.807) is 12.1 Å². The summed E-state index contributed by atoms with van der Waals surface area (Å²) >= 11 is 0. The first kappa shape index (κ1) is 16.2. The van der Waals surface area contributed by atoms with Crippen LogP contribution < -0.4 is 20.8 Å². The van der Waals surface area contributed by atoms with Crippen LogP contribution in [0, 0.1) is 22.7 Å². The number of aromatic nitrogens is 1. The van der Waals surface area contributed by atoms with E-state index >= 15 is 0 Å². The highest BCUT2D eigenvalue weighted by atomic mass is 16.7. The lowest BCUT2D eigenvalue weighted by Gasteiger charge is -2.10. The fourth-order valence-corrected chi connectivity index (χ4v) is 3.04. The topological polar surface area (TPSA) is 125 Å². The first-order valence-electron chi connectivity index (χ1n) is 7.99. The van der Waals surface area contributed by atoms with Crippen LogP contribution in [0.2, 0.25) is 0 Å². The summed E-state index contributed by atoms with van der Waals surface area (Å²) in [4.78, 5) is 14.4. The number of nitriles is 2. The summed E-state index contributed by atoms with van der Waals surface area (Å²) in [6.07, 6.45) is 0. The Morgan fingerprint density at radius 1 is 0.889 bits per heavy atom. The van der Waals surface area contributed by atoms with E-state index in [9.17, 15) is 15.3 Å². The summed E-state index contributed by atoms with van der Waals surface area (Å²) < 4.78 is 10.7. The smallest absolute Gasteiger partial charge is 0.268 e. The Hall–Kier alpha value is -4.23. The maximum Gasteiger partial charge on any atom is 0.268 e. The maximum absolute atomic E-state index is 12.0. The number of nitrogens with one attached hydrogen (secondary N) is 1. The number of hydrogen-bond acceptors (Lipinski definition) is 6. The van der Waals surface area contributed by atoms with E-state index in [0.717, 1.165) is 11.1 Å². The van der Waals surface area contributed by atoms with Crippen LogP contribution in [0.25, 0.3) is 22.3 Å². The third kappa shape index (κ3) is 2.64. The first-order chi connectivity index (χ1) is 13.1. The molecular formula is C20H12N4O3. The number of aromatic amines is 1. The van der Waals surface area contributed by atoms with Gasteiger partial charge in [0.1, 0.15) is 29.1 Å². The van der Waals surface area contributed by atoms with Crippen molar-refractivity contribution in [3.63, 3.8) is 0 Å². The molecule has 3 N–H and O–H groups in total. The molecule has 1 aliphatic rings. The Kier molecular flexibility index (Phi) is 3.76. The Morgan fingerprint density at radius 2 is 1.52 bits per heavy atom. The number of nitrogens with two attached hydrogens (primary N) is 1. The van der Waals surface area contributed by atoms with E-state index in [0.29, 0.717) is 17.1 Å². The molecule has 4 rings (SSSR count). The van der Waals surface area contributed by atoms with Gasteiger partial charge in [-0.1, -0.05) is 30.3 Å². The molecule has 0 radical (unpaired) electrons. The second kappa shape index (κ2) is 6.25. The molecule has 0 saturated heterocycles. The number of rotatable bonds is 2. The van der Waals surface area contributed by atoms with Gasteiger partial charge in [-0.15, -0.1) is 0 Å². The SMILES string of the molecule is N#Cc1c(N)[nH]c(=O)c(C#N)c1-c1ccc(-c2ccc3c(c2)OCO3)cc1. The molecule has 7 heteroatoms. The fourth-order valence-electron chi connectivity index (χ4n) is 3.04. The lowest BCUT2D eigenvalue weighted by atomic mass is 9.94. The van der Waals surface area contributed by atoms with Crippen molar-refractivity contribution < 1.29 is 9.47 Å². The Labute approximate surface area is 153 Å². The summed E-state index contributed by atoms with van der Waals surface area (Å²) in [6.45, 7) is 0.204. The first-order valence-corrected chi connectivity index (χ1v) is 7.99. The third-order valence-corrected chi connectivity index (χ3v) is 4.35. The van der Waals surface area contributed by atoms with Gasteiger partial charge in [0.2, 0.25) is 6.79 Å². The van der Waals surface area contributed by atoms with E-state index < -0.39 is 5.56 Å². The fraction of sp³-hybridized carbons (Fsp3) is 0.0500. The van der Waals surface area contributed by atoms with Crippen LogP contribution in [-0.4, -0.2) is 11.8 Å². The predicted octanol–water partition coefficient (Wildman–Crippen LogP) is 2.76. The summed E-state index contributed by atoms with van der Waals surface area (Å²) in [7, 11) is 0. The van der Waals surface area contributed by atoms with Crippen molar-refractivity contribution in [1.82, 2.24) is 4.98 Å². The van der Waals surface area contributed by atoms with Gasteiger partial charge in [0.05, 0.1) is 0 Å². The number of nitrogen functional groups attached to an aromatic ring is 1. The zero-order valence-electron chi connectivity index (χ0n) is 13.9. The maximum atomic E-state index is 12.0. The number of benzene rings is 2. The molecule has 0 unspecified atom stereocenters. The van der Waals surface area contributed by atoms with Gasteiger partial charge in [-0.05, 0) is 28.8 Å². The van der Waals surface area contributed by atoms with Gasteiger partial charge in [-0.2, -0.15) is 10.5 Å². The zero-order chi connectivity index (χ0) is 19.0. The standard InChI is InChI=1S/C20H12N4O3/c21-8-14-18(15(9-22)20(25)24-19(14)23)12-3-1-11(2-4-12)13-5-6-16-17(7-13)27-10-26-16/h1-7H,10H2,(H3,23,24,25). The molecule has 130 valence electrons. The molecule has 2 heterocycles. The number of pyridine rings is 1. The molecule has 7 nitrogen and oxygen atoms in total. The molecule has 2 aromatic carbocycles. The average Bonchev–Trinajstić information content (AvgIpc) is 3.15. The van der Waals surface area contributed by atoms with Gasteiger partial charge in [0.15, 0.2) is 11.5 Å². The number of H-pyrrole nitrogens is 1. The summed E-state index contributed by atoms with van der Waals surface area (Å²) in [5, 5.41) is 18.8. The minimum absolute atomic E-state index is 0.0589. The minimum Gasteiger partial charge on any atom is -0.454 e. The van der Waals surface area contributed by atoms with Crippen molar-refractivity contribution in [2.24, 2.45) is 0 Å². The van der Waals surface area contributed by atoms with Gasteiger partial charge in [0, 0.05) is 5.56 Å². The van der Waals surface area contributed by atoms with E-state index in [4.69, 9.17) is 15.2 Å². The highest BCUT2D eigenvalue weighted by Gasteiger charge is 2.18. The zero-order valence-corrected chi connectivity index (χ0v) is 13.9. The van der Waals surface area contributed by atoms with Gasteiger partial charge in [-0.3, -0.25) is 4.79 Å². The number of nitrogens with zero attached hydrogens (tertiary/aromatic N) is 2. The largest absolute Gasteiger partial charge is 0.454 e. The molecule has 0 bridgehead atoms. The van der Waals surface area contributed by atoms with Crippen molar-refractivity contribution in [3.05, 3.63) is 63.9 Å². The quantitative estimate of drug-likeness (QED) is 0.727.